The Kier molecular flexibility index (Phi) is 5.40. The van der Waals surface area contributed by atoms with Crippen molar-refractivity contribution < 1.29 is 9.90 Å². The van der Waals surface area contributed by atoms with Crippen LogP contribution < -0.4 is 5.32 Å². The first-order valence-electron chi connectivity index (χ1n) is 5.81. The predicted octanol–water partition coefficient (Wildman–Crippen LogP) is 2.19. The number of hydrogen-bond acceptors (Lipinski definition) is 2. The SMILES string of the molecule is CC(=CCNCCC1CCCC1)C(=O)O. The average Bonchev–Trinajstić information content (AvgIpc) is 2.69. The third kappa shape index (κ3) is 4.98. The third-order valence-electron chi connectivity index (χ3n) is 3.09. The molecule has 0 amide bonds. The van der Waals surface area contributed by atoms with Gasteiger partial charge in [0.25, 0.3) is 0 Å². The topological polar surface area (TPSA) is 49.3 Å². The Morgan fingerprint density at radius 3 is 2.73 bits per heavy atom. The molecule has 3 heteroatoms. The number of aliphatic carboxylic acids is 1. The van der Waals surface area contributed by atoms with Crippen molar-refractivity contribution in [2.45, 2.75) is 39.0 Å². The van der Waals surface area contributed by atoms with Crippen LogP contribution in [0.1, 0.15) is 39.0 Å². The fraction of sp³-hybridized carbons (Fsp3) is 0.750. The predicted molar refractivity (Wildman–Crippen MR) is 60.8 cm³/mol. The molecule has 0 atom stereocenters. The molecule has 0 radical (unpaired) electrons. The molecular formula is C12H21NO2. The van der Waals surface area contributed by atoms with Crippen LogP contribution in [0.5, 0.6) is 0 Å². The summed E-state index contributed by atoms with van der Waals surface area (Å²) in [7, 11) is 0. The van der Waals surface area contributed by atoms with Crippen LogP contribution >= 0.6 is 0 Å². The first-order chi connectivity index (χ1) is 7.20. The van der Waals surface area contributed by atoms with E-state index in [0.29, 0.717) is 12.1 Å². The van der Waals surface area contributed by atoms with E-state index in [2.05, 4.69) is 5.32 Å². The first kappa shape index (κ1) is 12.2. The van der Waals surface area contributed by atoms with E-state index < -0.39 is 5.97 Å². The minimum absolute atomic E-state index is 0.420. The number of nitrogens with one attached hydrogen (secondary N) is 1. The summed E-state index contributed by atoms with van der Waals surface area (Å²) in [4.78, 5) is 10.5. The molecule has 15 heavy (non-hydrogen) atoms. The lowest BCUT2D eigenvalue weighted by molar-refractivity contribution is -0.132. The van der Waals surface area contributed by atoms with Crippen molar-refractivity contribution in [2.24, 2.45) is 5.92 Å². The Bertz CT molecular complexity index is 230. The molecule has 0 saturated heterocycles. The van der Waals surface area contributed by atoms with E-state index in [1.54, 1.807) is 13.0 Å². The highest BCUT2D eigenvalue weighted by molar-refractivity contribution is 5.85. The fourth-order valence-corrected chi connectivity index (χ4v) is 2.02. The Hall–Kier alpha value is -0.830. The van der Waals surface area contributed by atoms with Crippen molar-refractivity contribution in [3.05, 3.63) is 11.6 Å². The maximum absolute atomic E-state index is 10.5. The van der Waals surface area contributed by atoms with Gasteiger partial charge in [0, 0.05) is 12.1 Å². The second-order valence-electron chi connectivity index (χ2n) is 4.34. The summed E-state index contributed by atoms with van der Waals surface area (Å²) in [6, 6.07) is 0. The van der Waals surface area contributed by atoms with Gasteiger partial charge in [-0.2, -0.15) is 0 Å². The molecule has 1 aliphatic rings. The molecule has 0 bridgehead atoms. The molecule has 0 heterocycles. The number of hydrogen-bond donors (Lipinski definition) is 2. The number of carbonyl (C=O) groups is 1. The van der Waals surface area contributed by atoms with E-state index in [1.165, 1.54) is 32.1 Å². The fourth-order valence-electron chi connectivity index (χ4n) is 2.02. The van der Waals surface area contributed by atoms with E-state index in [0.717, 1.165) is 12.5 Å². The second kappa shape index (κ2) is 6.62. The van der Waals surface area contributed by atoms with Gasteiger partial charge in [-0.15, -0.1) is 0 Å². The Morgan fingerprint density at radius 2 is 2.13 bits per heavy atom. The third-order valence-corrected chi connectivity index (χ3v) is 3.09. The summed E-state index contributed by atoms with van der Waals surface area (Å²) in [5.74, 6) is 0.0784. The van der Waals surface area contributed by atoms with E-state index in [1.807, 2.05) is 0 Å². The van der Waals surface area contributed by atoms with Crippen LogP contribution in [-0.2, 0) is 4.79 Å². The number of carboxylic acid groups (broad SMARTS) is 1. The van der Waals surface area contributed by atoms with Crippen molar-refractivity contribution in [3.8, 4) is 0 Å². The minimum atomic E-state index is -0.826. The summed E-state index contributed by atoms with van der Waals surface area (Å²) in [5.41, 5.74) is 0.420. The molecule has 2 N–H and O–H groups in total. The van der Waals surface area contributed by atoms with Crippen LogP contribution in [0.15, 0.2) is 11.6 Å². The molecule has 0 aromatic rings. The smallest absolute Gasteiger partial charge is 0.330 e. The molecular weight excluding hydrogens is 190 g/mol. The normalized spacial score (nSPS) is 18.3. The van der Waals surface area contributed by atoms with Crippen molar-refractivity contribution in [1.82, 2.24) is 5.32 Å². The van der Waals surface area contributed by atoms with Crippen molar-refractivity contribution >= 4 is 5.97 Å². The van der Waals surface area contributed by atoms with E-state index in [4.69, 9.17) is 5.11 Å². The summed E-state index contributed by atoms with van der Waals surface area (Å²) in [6.45, 7) is 3.31. The zero-order valence-electron chi connectivity index (χ0n) is 9.46. The van der Waals surface area contributed by atoms with Gasteiger partial charge in [-0.05, 0) is 25.8 Å². The van der Waals surface area contributed by atoms with Gasteiger partial charge in [-0.25, -0.2) is 4.79 Å². The van der Waals surface area contributed by atoms with Gasteiger partial charge in [-0.3, -0.25) is 0 Å². The quantitative estimate of drug-likeness (QED) is 0.523. The molecule has 1 rings (SSSR count). The van der Waals surface area contributed by atoms with Crippen molar-refractivity contribution in [2.75, 3.05) is 13.1 Å². The molecule has 0 unspecified atom stereocenters. The van der Waals surface area contributed by atoms with E-state index in [-0.39, 0.29) is 0 Å². The zero-order chi connectivity index (χ0) is 11.1. The average molecular weight is 211 g/mol. The van der Waals surface area contributed by atoms with Gasteiger partial charge >= 0.3 is 5.97 Å². The molecule has 0 aromatic heterocycles. The standard InChI is InChI=1S/C12H21NO2/c1-10(12(14)15)6-8-13-9-7-11-4-2-3-5-11/h6,11,13H,2-5,7-9H2,1H3,(H,14,15). The number of rotatable bonds is 6. The van der Waals surface area contributed by atoms with Gasteiger partial charge in [0.1, 0.15) is 0 Å². The lowest BCUT2D eigenvalue weighted by Crippen LogP contribution is -2.18. The van der Waals surface area contributed by atoms with Crippen LogP contribution in [-0.4, -0.2) is 24.2 Å². The lowest BCUT2D eigenvalue weighted by atomic mass is 10.0. The highest BCUT2D eigenvalue weighted by Gasteiger charge is 2.13. The summed E-state index contributed by atoms with van der Waals surface area (Å²) in [5, 5.41) is 11.9. The van der Waals surface area contributed by atoms with Gasteiger partial charge in [0.05, 0.1) is 0 Å². The maximum atomic E-state index is 10.5. The monoisotopic (exact) mass is 211 g/mol. The largest absolute Gasteiger partial charge is 0.478 e. The summed E-state index contributed by atoms with van der Waals surface area (Å²) in [6.07, 6.45) is 8.51. The van der Waals surface area contributed by atoms with Crippen LogP contribution in [0, 0.1) is 5.92 Å². The van der Waals surface area contributed by atoms with Gasteiger partial charge in [0.2, 0.25) is 0 Å². The van der Waals surface area contributed by atoms with E-state index in [9.17, 15) is 4.79 Å². The maximum Gasteiger partial charge on any atom is 0.330 e. The summed E-state index contributed by atoms with van der Waals surface area (Å²) >= 11 is 0. The van der Waals surface area contributed by atoms with Crippen LogP contribution in [0.4, 0.5) is 0 Å². The Balaban J connectivity index is 2.01. The van der Waals surface area contributed by atoms with Crippen LogP contribution in [0.2, 0.25) is 0 Å². The molecule has 0 spiro atoms. The Morgan fingerprint density at radius 1 is 1.47 bits per heavy atom. The van der Waals surface area contributed by atoms with Gasteiger partial charge in [0.15, 0.2) is 0 Å². The number of carboxylic acids is 1. The molecule has 1 fully saturated rings. The van der Waals surface area contributed by atoms with Crippen molar-refractivity contribution in [1.29, 1.82) is 0 Å². The summed E-state index contributed by atoms with van der Waals surface area (Å²) < 4.78 is 0. The van der Waals surface area contributed by atoms with E-state index >= 15 is 0 Å². The molecule has 1 saturated carbocycles. The minimum Gasteiger partial charge on any atom is -0.478 e. The van der Waals surface area contributed by atoms with Crippen LogP contribution in [0.25, 0.3) is 0 Å². The molecule has 0 aromatic carbocycles. The molecule has 1 aliphatic carbocycles. The van der Waals surface area contributed by atoms with Gasteiger partial charge < -0.3 is 10.4 Å². The van der Waals surface area contributed by atoms with Crippen LogP contribution in [0.3, 0.4) is 0 Å². The highest BCUT2D eigenvalue weighted by atomic mass is 16.4. The first-order valence-corrected chi connectivity index (χ1v) is 5.81. The molecule has 3 nitrogen and oxygen atoms in total. The Labute approximate surface area is 91.6 Å². The lowest BCUT2D eigenvalue weighted by Gasteiger charge is -2.08. The molecule has 0 aliphatic heterocycles. The highest BCUT2D eigenvalue weighted by Crippen LogP contribution is 2.26. The molecule has 86 valence electrons. The zero-order valence-corrected chi connectivity index (χ0v) is 9.46. The van der Waals surface area contributed by atoms with Crippen molar-refractivity contribution in [3.63, 3.8) is 0 Å². The second-order valence-corrected chi connectivity index (χ2v) is 4.34. The van der Waals surface area contributed by atoms with Gasteiger partial charge in [-0.1, -0.05) is 31.8 Å².